The standard InChI is InChI=1S/C30H39N5O3/c1-19(2)27(35-18-26(32-33-35)30(4,5)6)29(38)34-17-24(36)16-25(34)28(37)31-20(3)21-12-14-23(15-13-21)22-10-8-7-9-11-22/h7-15,18-20,24-25,27,36H,16-17H2,1-6H3,(H,31,37)/t20-,24+,25-,27-/m0/s1. The number of carbonyl (C=O) groups is 2. The van der Waals surface area contributed by atoms with E-state index in [0.717, 1.165) is 22.4 Å². The van der Waals surface area contributed by atoms with E-state index in [0.29, 0.717) is 0 Å². The lowest BCUT2D eigenvalue weighted by atomic mass is 9.93. The molecule has 1 fully saturated rings. The molecule has 38 heavy (non-hydrogen) atoms. The van der Waals surface area contributed by atoms with Crippen LogP contribution >= 0.6 is 0 Å². The summed E-state index contributed by atoms with van der Waals surface area (Å²) in [5.74, 6) is -0.589. The predicted molar refractivity (Wildman–Crippen MR) is 147 cm³/mol. The van der Waals surface area contributed by atoms with Gasteiger partial charge < -0.3 is 15.3 Å². The number of aliphatic hydroxyl groups excluding tert-OH is 1. The van der Waals surface area contributed by atoms with E-state index in [9.17, 15) is 14.7 Å². The Kier molecular flexibility index (Phi) is 8.02. The van der Waals surface area contributed by atoms with Gasteiger partial charge in [-0.05, 0) is 29.5 Å². The van der Waals surface area contributed by atoms with Gasteiger partial charge in [-0.2, -0.15) is 0 Å². The van der Waals surface area contributed by atoms with Crippen LogP contribution in [0.15, 0.2) is 60.8 Å². The number of aromatic nitrogens is 3. The van der Waals surface area contributed by atoms with Crippen molar-refractivity contribution >= 4 is 11.8 Å². The molecule has 0 unspecified atom stereocenters. The van der Waals surface area contributed by atoms with Crippen LogP contribution in [0.5, 0.6) is 0 Å². The van der Waals surface area contributed by atoms with E-state index in [1.165, 1.54) is 4.90 Å². The highest BCUT2D eigenvalue weighted by Gasteiger charge is 2.43. The van der Waals surface area contributed by atoms with E-state index in [4.69, 9.17) is 0 Å². The first-order chi connectivity index (χ1) is 18.0. The van der Waals surface area contributed by atoms with Crippen LogP contribution in [-0.2, 0) is 15.0 Å². The van der Waals surface area contributed by atoms with Gasteiger partial charge in [0.2, 0.25) is 11.8 Å². The lowest BCUT2D eigenvalue weighted by molar-refractivity contribution is -0.142. The first kappa shape index (κ1) is 27.5. The average Bonchev–Trinajstić information content (AvgIpc) is 3.52. The molecular weight excluding hydrogens is 478 g/mol. The van der Waals surface area contributed by atoms with Crippen molar-refractivity contribution in [3.63, 3.8) is 0 Å². The SMILES string of the molecule is CC(C)[C@@H](C(=O)N1C[C@H](O)C[C@H]1C(=O)N[C@@H](C)c1ccc(-c2ccccc2)cc1)n1cc(C(C)(C)C)nn1. The second-order valence-corrected chi connectivity index (χ2v) is 11.6. The maximum atomic E-state index is 13.8. The summed E-state index contributed by atoms with van der Waals surface area (Å²) in [6.07, 6.45) is 1.25. The summed E-state index contributed by atoms with van der Waals surface area (Å²) in [5, 5.41) is 22.0. The number of hydrogen-bond acceptors (Lipinski definition) is 5. The summed E-state index contributed by atoms with van der Waals surface area (Å²) in [6.45, 7) is 12.1. The monoisotopic (exact) mass is 517 g/mol. The van der Waals surface area contributed by atoms with Crippen molar-refractivity contribution in [3.8, 4) is 11.1 Å². The van der Waals surface area contributed by atoms with Crippen LogP contribution < -0.4 is 5.32 Å². The summed E-state index contributed by atoms with van der Waals surface area (Å²) in [7, 11) is 0. The van der Waals surface area contributed by atoms with Gasteiger partial charge in [0.1, 0.15) is 12.1 Å². The van der Waals surface area contributed by atoms with Crippen molar-refractivity contribution in [2.45, 2.75) is 77.6 Å². The Bertz CT molecular complexity index is 1250. The molecule has 0 aliphatic carbocycles. The molecule has 8 nitrogen and oxygen atoms in total. The number of rotatable bonds is 7. The third-order valence-corrected chi connectivity index (χ3v) is 7.19. The van der Waals surface area contributed by atoms with Gasteiger partial charge in [-0.25, -0.2) is 4.68 Å². The molecule has 0 saturated carbocycles. The van der Waals surface area contributed by atoms with Gasteiger partial charge in [0.05, 0.1) is 17.8 Å². The lowest BCUT2D eigenvalue weighted by Crippen LogP contribution is -2.49. The Morgan fingerprint density at radius 3 is 2.21 bits per heavy atom. The van der Waals surface area contributed by atoms with Crippen LogP contribution in [0.25, 0.3) is 11.1 Å². The fourth-order valence-electron chi connectivity index (χ4n) is 4.92. The third-order valence-electron chi connectivity index (χ3n) is 7.19. The molecular formula is C30H39N5O3. The fraction of sp³-hybridized carbons (Fsp3) is 0.467. The maximum absolute atomic E-state index is 13.8. The number of benzene rings is 2. The molecule has 4 atom stereocenters. The van der Waals surface area contributed by atoms with Crippen molar-refractivity contribution in [1.82, 2.24) is 25.2 Å². The number of amides is 2. The highest BCUT2D eigenvalue weighted by atomic mass is 16.3. The van der Waals surface area contributed by atoms with Crippen molar-refractivity contribution in [2.24, 2.45) is 5.92 Å². The van der Waals surface area contributed by atoms with Crippen LogP contribution in [0.3, 0.4) is 0 Å². The Labute approximate surface area is 225 Å². The van der Waals surface area contributed by atoms with Gasteiger partial charge in [0.25, 0.3) is 0 Å². The van der Waals surface area contributed by atoms with E-state index in [2.05, 4.69) is 27.8 Å². The molecule has 1 aromatic heterocycles. The molecule has 2 N–H and O–H groups in total. The van der Waals surface area contributed by atoms with Gasteiger partial charge in [0, 0.05) is 24.6 Å². The van der Waals surface area contributed by atoms with Crippen LogP contribution in [0.4, 0.5) is 0 Å². The minimum Gasteiger partial charge on any atom is -0.391 e. The Morgan fingerprint density at radius 1 is 1.00 bits per heavy atom. The highest BCUT2D eigenvalue weighted by molar-refractivity contribution is 5.90. The number of nitrogens with zero attached hydrogens (tertiary/aromatic N) is 4. The first-order valence-electron chi connectivity index (χ1n) is 13.3. The molecule has 8 heteroatoms. The molecule has 2 aromatic carbocycles. The van der Waals surface area contributed by atoms with E-state index in [1.807, 2.05) is 90.2 Å². The second kappa shape index (κ2) is 11.1. The van der Waals surface area contributed by atoms with Crippen LogP contribution in [0.1, 0.15) is 71.3 Å². The highest BCUT2D eigenvalue weighted by Crippen LogP contribution is 2.29. The zero-order valence-corrected chi connectivity index (χ0v) is 23.1. The van der Waals surface area contributed by atoms with Crippen LogP contribution in [0.2, 0.25) is 0 Å². The largest absolute Gasteiger partial charge is 0.391 e. The molecule has 1 saturated heterocycles. The molecule has 1 aliphatic heterocycles. The first-order valence-corrected chi connectivity index (χ1v) is 13.3. The molecule has 2 amide bonds. The molecule has 4 rings (SSSR count). The third kappa shape index (κ3) is 5.96. The van der Waals surface area contributed by atoms with Gasteiger partial charge in [-0.1, -0.05) is 94.4 Å². The zero-order valence-electron chi connectivity index (χ0n) is 23.1. The minimum absolute atomic E-state index is 0.0828. The quantitative estimate of drug-likeness (QED) is 0.487. The summed E-state index contributed by atoms with van der Waals surface area (Å²) >= 11 is 0. The lowest BCUT2D eigenvalue weighted by Gasteiger charge is -2.30. The number of hydrogen-bond donors (Lipinski definition) is 2. The Morgan fingerprint density at radius 2 is 1.63 bits per heavy atom. The fourth-order valence-corrected chi connectivity index (χ4v) is 4.92. The number of carbonyl (C=O) groups excluding carboxylic acids is 2. The number of aliphatic hydroxyl groups is 1. The summed E-state index contributed by atoms with van der Waals surface area (Å²) in [4.78, 5) is 28.7. The smallest absolute Gasteiger partial charge is 0.248 e. The van der Waals surface area contributed by atoms with Gasteiger partial charge in [-0.15, -0.1) is 5.10 Å². The zero-order chi connectivity index (χ0) is 27.6. The van der Waals surface area contributed by atoms with Crippen molar-refractivity contribution in [3.05, 3.63) is 72.1 Å². The van der Waals surface area contributed by atoms with Crippen LogP contribution in [-0.4, -0.2) is 55.5 Å². The summed E-state index contributed by atoms with van der Waals surface area (Å²) < 4.78 is 1.60. The number of nitrogens with one attached hydrogen (secondary N) is 1. The second-order valence-electron chi connectivity index (χ2n) is 11.6. The van der Waals surface area contributed by atoms with Crippen molar-refractivity contribution in [2.75, 3.05) is 6.54 Å². The molecule has 0 spiro atoms. The summed E-state index contributed by atoms with van der Waals surface area (Å²) in [5.41, 5.74) is 3.79. The molecule has 3 aromatic rings. The average molecular weight is 518 g/mol. The maximum Gasteiger partial charge on any atom is 0.248 e. The van der Waals surface area contributed by atoms with Gasteiger partial charge in [-0.3, -0.25) is 9.59 Å². The topological polar surface area (TPSA) is 100 Å². The van der Waals surface area contributed by atoms with Gasteiger partial charge in [0.15, 0.2) is 0 Å². The van der Waals surface area contributed by atoms with Crippen LogP contribution in [0, 0.1) is 5.92 Å². The normalized spacial score (nSPS) is 19.4. The molecule has 2 heterocycles. The number of likely N-dealkylation sites (tertiary alicyclic amines) is 1. The molecule has 0 radical (unpaired) electrons. The number of β-amino-alcohol motifs (C(OH)–C–C–N with tert-alkyl or cyclic N) is 1. The van der Waals surface area contributed by atoms with E-state index < -0.39 is 18.2 Å². The van der Waals surface area contributed by atoms with E-state index in [-0.39, 0.29) is 42.2 Å². The summed E-state index contributed by atoms with van der Waals surface area (Å²) in [6, 6.07) is 16.6. The van der Waals surface area contributed by atoms with Crippen molar-refractivity contribution < 1.29 is 14.7 Å². The minimum atomic E-state index is -0.760. The Balaban J connectivity index is 1.48. The molecule has 1 aliphatic rings. The van der Waals surface area contributed by atoms with Gasteiger partial charge >= 0.3 is 0 Å². The molecule has 0 bridgehead atoms. The van der Waals surface area contributed by atoms with Crippen molar-refractivity contribution in [1.29, 1.82) is 0 Å². The predicted octanol–water partition coefficient (Wildman–Crippen LogP) is 4.28. The molecule has 202 valence electrons. The van der Waals surface area contributed by atoms with E-state index >= 15 is 0 Å². The van der Waals surface area contributed by atoms with E-state index in [1.54, 1.807) is 4.68 Å². The Hall–Kier alpha value is -3.52.